The van der Waals surface area contributed by atoms with Crippen LogP contribution in [0.25, 0.3) is 11.1 Å². The molecule has 0 nitrogen and oxygen atoms in total. The van der Waals surface area contributed by atoms with Gasteiger partial charge in [0.25, 0.3) is 0 Å². The molecule has 0 atom stereocenters. The number of hydrogen-bond donors (Lipinski definition) is 0. The lowest BCUT2D eigenvalue weighted by atomic mass is 9.90. The van der Waals surface area contributed by atoms with Crippen molar-refractivity contribution >= 4 is 0 Å². The molecule has 0 radical (unpaired) electrons. The largest absolute Gasteiger partial charge is 0.0654 e. The zero-order chi connectivity index (χ0) is 17.1. The summed E-state index contributed by atoms with van der Waals surface area (Å²) in [5.74, 6) is 0. The molecule has 3 aromatic carbocycles. The minimum absolute atomic E-state index is 1.11. The molecule has 0 heterocycles. The van der Waals surface area contributed by atoms with Crippen LogP contribution in [-0.2, 0) is 25.7 Å². The number of aryl methyl sites for hydroxylation is 2. The van der Waals surface area contributed by atoms with Crippen molar-refractivity contribution < 1.29 is 0 Å². The standard InChI is InChI=1S/C25H26/c1-2-3-12-22-20(15-14-19-9-5-4-6-10-19)16-17-24-23-13-8-7-11-21(23)18-25(22)24/h4-11,13,16-17H,2-3,12,14-15,18H2,1H3. The van der Waals surface area contributed by atoms with Gasteiger partial charge in [-0.05, 0) is 71.0 Å². The van der Waals surface area contributed by atoms with Gasteiger partial charge in [0, 0.05) is 0 Å². The van der Waals surface area contributed by atoms with Gasteiger partial charge in [-0.2, -0.15) is 0 Å². The molecule has 0 aliphatic heterocycles. The Bertz CT molecular complexity index is 858. The minimum Gasteiger partial charge on any atom is -0.0654 e. The maximum absolute atomic E-state index is 2.40. The molecular formula is C25H26. The molecule has 1 aliphatic rings. The van der Waals surface area contributed by atoms with Gasteiger partial charge in [-0.1, -0.05) is 80.1 Å². The van der Waals surface area contributed by atoms with Gasteiger partial charge in [-0.25, -0.2) is 0 Å². The summed E-state index contributed by atoms with van der Waals surface area (Å²) in [6.45, 7) is 2.29. The van der Waals surface area contributed by atoms with Crippen LogP contribution in [0.15, 0.2) is 66.7 Å². The summed E-state index contributed by atoms with van der Waals surface area (Å²) < 4.78 is 0. The minimum atomic E-state index is 1.11. The van der Waals surface area contributed by atoms with Crippen LogP contribution < -0.4 is 0 Å². The van der Waals surface area contributed by atoms with Crippen LogP contribution in [-0.4, -0.2) is 0 Å². The Kier molecular flexibility index (Phi) is 4.70. The highest BCUT2D eigenvalue weighted by Gasteiger charge is 2.22. The SMILES string of the molecule is CCCCc1c(CCc2ccccc2)ccc2c1Cc1ccccc1-2. The van der Waals surface area contributed by atoms with E-state index in [-0.39, 0.29) is 0 Å². The van der Waals surface area contributed by atoms with Crippen molar-refractivity contribution in [1.82, 2.24) is 0 Å². The van der Waals surface area contributed by atoms with Crippen molar-refractivity contribution in [1.29, 1.82) is 0 Å². The summed E-state index contributed by atoms with van der Waals surface area (Å²) in [5.41, 5.74) is 10.6. The summed E-state index contributed by atoms with van der Waals surface area (Å²) in [5, 5.41) is 0. The smallest absolute Gasteiger partial charge is 0.00106 e. The zero-order valence-corrected chi connectivity index (χ0v) is 15.1. The van der Waals surface area contributed by atoms with E-state index < -0.39 is 0 Å². The lowest BCUT2D eigenvalue weighted by Gasteiger charge is -2.15. The van der Waals surface area contributed by atoms with Crippen molar-refractivity contribution in [3.63, 3.8) is 0 Å². The first kappa shape index (κ1) is 16.1. The fourth-order valence-electron chi connectivity index (χ4n) is 4.15. The van der Waals surface area contributed by atoms with E-state index in [9.17, 15) is 0 Å². The molecule has 0 amide bonds. The highest BCUT2D eigenvalue weighted by Crippen LogP contribution is 2.40. The molecular weight excluding hydrogens is 300 g/mol. The molecule has 3 aromatic rings. The van der Waals surface area contributed by atoms with E-state index in [1.54, 1.807) is 16.7 Å². The maximum Gasteiger partial charge on any atom is -0.00106 e. The Balaban J connectivity index is 1.67. The summed E-state index contributed by atoms with van der Waals surface area (Å²) >= 11 is 0. The number of unbranched alkanes of at least 4 members (excludes halogenated alkanes) is 1. The zero-order valence-electron chi connectivity index (χ0n) is 15.1. The Morgan fingerprint density at radius 3 is 2.36 bits per heavy atom. The first-order chi connectivity index (χ1) is 12.4. The molecule has 1 aliphatic carbocycles. The summed E-state index contributed by atoms with van der Waals surface area (Å²) in [6.07, 6.45) is 7.15. The number of fused-ring (bicyclic) bond motifs is 3. The van der Waals surface area contributed by atoms with Crippen LogP contribution in [0, 0.1) is 0 Å². The van der Waals surface area contributed by atoms with Gasteiger partial charge in [-0.15, -0.1) is 0 Å². The maximum atomic E-state index is 2.40. The third-order valence-corrected chi connectivity index (χ3v) is 5.51. The quantitative estimate of drug-likeness (QED) is 0.385. The van der Waals surface area contributed by atoms with Crippen LogP contribution in [0.3, 0.4) is 0 Å². The first-order valence-electron chi connectivity index (χ1n) is 9.62. The Morgan fingerprint density at radius 2 is 1.52 bits per heavy atom. The molecule has 0 unspecified atom stereocenters. The summed E-state index contributed by atoms with van der Waals surface area (Å²) in [4.78, 5) is 0. The Morgan fingerprint density at radius 1 is 0.720 bits per heavy atom. The van der Waals surface area contributed by atoms with E-state index in [1.807, 2.05) is 0 Å². The lowest BCUT2D eigenvalue weighted by molar-refractivity contribution is 0.777. The average molecular weight is 326 g/mol. The van der Waals surface area contributed by atoms with Gasteiger partial charge in [0.1, 0.15) is 0 Å². The molecule has 0 bridgehead atoms. The predicted molar refractivity (Wildman–Crippen MR) is 107 cm³/mol. The van der Waals surface area contributed by atoms with Gasteiger partial charge < -0.3 is 0 Å². The van der Waals surface area contributed by atoms with Gasteiger partial charge >= 0.3 is 0 Å². The first-order valence-corrected chi connectivity index (χ1v) is 9.62. The molecule has 0 N–H and O–H groups in total. The van der Waals surface area contributed by atoms with Crippen molar-refractivity contribution in [2.45, 2.75) is 45.4 Å². The highest BCUT2D eigenvalue weighted by molar-refractivity contribution is 5.78. The fraction of sp³-hybridized carbons (Fsp3) is 0.280. The van der Waals surface area contributed by atoms with Gasteiger partial charge in [0.15, 0.2) is 0 Å². The number of benzene rings is 3. The molecule has 0 fully saturated rings. The predicted octanol–water partition coefficient (Wildman–Crippen LogP) is 6.39. The normalized spacial score (nSPS) is 12.0. The molecule has 25 heavy (non-hydrogen) atoms. The monoisotopic (exact) mass is 326 g/mol. The molecule has 4 rings (SSSR count). The van der Waals surface area contributed by atoms with Gasteiger partial charge in [-0.3, -0.25) is 0 Å². The van der Waals surface area contributed by atoms with Crippen molar-refractivity contribution in [3.05, 3.63) is 94.5 Å². The van der Waals surface area contributed by atoms with Crippen LogP contribution in [0.2, 0.25) is 0 Å². The van der Waals surface area contributed by atoms with E-state index in [2.05, 4.69) is 73.7 Å². The van der Waals surface area contributed by atoms with Crippen LogP contribution >= 0.6 is 0 Å². The van der Waals surface area contributed by atoms with Crippen LogP contribution in [0.1, 0.15) is 47.6 Å². The summed E-state index contributed by atoms with van der Waals surface area (Å²) in [7, 11) is 0. The van der Waals surface area contributed by atoms with E-state index in [1.165, 1.54) is 41.5 Å². The molecule has 0 saturated carbocycles. The average Bonchev–Trinajstić information content (AvgIpc) is 3.04. The number of hydrogen-bond acceptors (Lipinski definition) is 0. The summed E-state index contributed by atoms with van der Waals surface area (Å²) in [6, 6.07) is 24.6. The lowest BCUT2D eigenvalue weighted by Crippen LogP contribution is -2.02. The van der Waals surface area contributed by atoms with E-state index >= 15 is 0 Å². The second kappa shape index (κ2) is 7.27. The molecule has 0 saturated heterocycles. The molecule has 0 aromatic heterocycles. The number of rotatable bonds is 6. The highest BCUT2D eigenvalue weighted by atomic mass is 14.3. The van der Waals surface area contributed by atoms with Crippen LogP contribution in [0.4, 0.5) is 0 Å². The van der Waals surface area contributed by atoms with E-state index in [0.29, 0.717) is 0 Å². The fourth-order valence-corrected chi connectivity index (χ4v) is 4.15. The molecule has 0 spiro atoms. The topological polar surface area (TPSA) is 0 Å². The van der Waals surface area contributed by atoms with Crippen LogP contribution in [0.5, 0.6) is 0 Å². The molecule has 0 heteroatoms. The molecule has 126 valence electrons. The second-order valence-electron chi connectivity index (χ2n) is 7.15. The third-order valence-electron chi connectivity index (χ3n) is 5.51. The Labute approximate surface area is 151 Å². The van der Waals surface area contributed by atoms with Crippen molar-refractivity contribution in [3.8, 4) is 11.1 Å². The van der Waals surface area contributed by atoms with E-state index in [4.69, 9.17) is 0 Å². The second-order valence-corrected chi connectivity index (χ2v) is 7.15. The van der Waals surface area contributed by atoms with E-state index in [0.717, 1.165) is 19.3 Å². The van der Waals surface area contributed by atoms with Crippen molar-refractivity contribution in [2.24, 2.45) is 0 Å². The third kappa shape index (κ3) is 3.26. The van der Waals surface area contributed by atoms with Crippen molar-refractivity contribution in [2.75, 3.05) is 0 Å². The van der Waals surface area contributed by atoms with Gasteiger partial charge in [0.05, 0.1) is 0 Å². The Hall–Kier alpha value is -2.34. The van der Waals surface area contributed by atoms with Gasteiger partial charge in [0.2, 0.25) is 0 Å².